The van der Waals surface area contributed by atoms with Crippen molar-refractivity contribution in [3.05, 3.63) is 0 Å². The lowest BCUT2D eigenvalue weighted by atomic mass is 9.78. The molecule has 3 atom stereocenters. The van der Waals surface area contributed by atoms with Crippen LogP contribution in [0.5, 0.6) is 0 Å². The van der Waals surface area contributed by atoms with Gasteiger partial charge in [0.2, 0.25) is 0 Å². The number of likely N-dealkylation sites (tertiary alicyclic amines) is 1. The van der Waals surface area contributed by atoms with Gasteiger partial charge in [-0.25, -0.2) is 9.59 Å². The van der Waals surface area contributed by atoms with Crippen LogP contribution >= 0.6 is 0 Å². The molecule has 2 N–H and O–H groups in total. The van der Waals surface area contributed by atoms with Crippen molar-refractivity contribution in [2.45, 2.75) is 76.8 Å². The van der Waals surface area contributed by atoms with E-state index in [1.54, 1.807) is 6.92 Å². The molecule has 1 unspecified atom stereocenters. The van der Waals surface area contributed by atoms with Crippen LogP contribution in [0, 0.1) is 5.92 Å². The van der Waals surface area contributed by atoms with Gasteiger partial charge in [0.1, 0.15) is 5.54 Å². The highest BCUT2D eigenvalue weighted by atomic mass is 16.4. The molecule has 21 heavy (non-hydrogen) atoms. The fourth-order valence-corrected chi connectivity index (χ4v) is 3.91. The third-order valence-corrected chi connectivity index (χ3v) is 5.11. The molecule has 2 rings (SSSR count). The number of rotatable bonds is 4. The van der Waals surface area contributed by atoms with Gasteiger partial charge in [-0.15, -0.1) is 0 Å². The maximum Gasteiger partial charge on any atom is 0.329 e. The summed E-state index contributed by atoms with van der Waals surface area (Å²) in [5, 5.41) is 12.2. The second kappa shape index (κ2) is 6.67. The molecule has 5 nitrogen and oxygen atoms in total. The highest BCUT2D eigenvalue weighted by Gasteiger charge is 2.40. The number of hydrogen-bond donors (Lipinski definition) is 2. The van der Waals surface area contributed by atoms with Gasteiger partial charge in [-0.3, -0.25) is 0 Å². The van der Waals surface area contributed by atoms with Crippen LogP contribution in [0.1, 0.15) is 65.2 Å². The Labute approximate surface area is 127 Å². The third-order valence-electron chi connectivity index (χ3n) is 5.11. The van der Waals surface area contributed by atoms with Crippen molar-refractivity contribution < 1.29 is 14.7 Å². The summed E-state index contributed by atoms with van der Waals surface area (Å²) in [7, 11) is 0. The lowest BCUT2D eigenvalue weighted by Gasteiger charge is -2.45. The van der Waals surface area contributed by atoms with Crippen LogP contribution < -0.4 is 5.32 Å². The fourth-order valence-electron chi connectivity index (χ4n) is 3.91. The van der Waals surface area contributed by atoms with Crippen molar-refractivity contribution in [3.8, 4) is 0 Å². The molecular formula is C16H28N2O3. The Hall–Kier alpha value is -1.26. The Kier molecular flexibility index (Phi) is 5.12. The van der Waals surface area contributed by atoms with Gasteiger partial charge in [0.15, 0.2) is 0 Å². The van der Waals surface area contributed by atoms with Gasteiger partial charge in [0, 0.05) is 12.6 Å². The summed E-state index contributed by atoms with van der Waals surface area (Å²) >= 11 is 0. The number of carboxylic acids is 1. The van der Waals surface area contributed by atoms with E-state index in [9.17, 15) is 14.7 Å². The van der Waals surface area contributed by atoms with Crippen LogP contribution in [0.25, 0.3) is 0 Å². The minimum atomic E-state index is -1.16. The van der Waals surface area contributed by atoms with E-state index in [0.29, 0.717) is 18.4 Å². The van der Waals surface area contributed by atoms with Gasteiger partial charge >= 0.3 is 12.0 Å². The lowest BCUT2D eigenvalue weighted by Crippen LogP contribution is -2.60. The maximum absolute atomic E-state index is 12.6. The molecule has 1 saturated carbocycles. The number of nitrogens with zero attached hydrogens (tertiary/aromatic N) is 1. The molecule has 120 valence electrons. The predicted molar refractivity (Wildman–Crippen MR) is 81.2 cm³/mol. The molecule has 1 saturated heterocycles. The topological polar surface area (TPSA) is 69.6 Å². The Bertz CT molecular complexity index is 397. The zero-order valence-electron chi connectivity index (χ0n) is 13.2. The van der Waals surface area contributed by atoms with Crippen LogP contribution in [-0.2, 0) is 4.79 Å². The van der Waals surface area contributed by atoms with E-state index in [1.807, 2.05) is 11.8 Å². The molecule has 1 heterocycles. The number of urea groups is 1. The molecule has 2 fully saturated rings. The molecular weight excluding hydrogens is 268 g/mol. The van der Waals surface area contributed by atoms with Crippen LogP contribution in [0.15, 0.2) is 0 Å². The van der Waals surface area contributed by atoms with Gasteiger partial charge in [-0.1, -0.05) is 26.2 Å². The first-order valence-corrected chi connectivity index (χ1v) is 8.30. The minimum absolute atomic E-state index is 0.190. The summed E-state index contributed by atoms with van der Waals surface area (Å²) in [4.78, 5) is 26.0. The molecule has 0 radical (unpaired) electrons. The lowest BCUT2D eigenvalue weighted by molar-refractivity contribution is -0.144. The monoisotopic (exact) mass is 296 g/mol. The van der Waals surface area contributed by atoms with Crippen LogP contribution in [0.3, 0.4) is 0 Å². The summed E-state index contributed by atoms with van der Waals surface area (Å²) in [6.07, 6.45) is 8.14. The summed E-state index contributed by atoms with van der Waals surface area (Å²) in [5.41, 5.74) is -1.16. The number of fused-ring (bicyclic) bond motifs is 1. The Balaban J connectivity index is 2.05. The Morgan fingerprint density at radius 3 is 2.57 bits per heavy atom. The van der Waals surface area contributed by atoms with Crippen LogP contribution in [0.2, 0.25) is 0 Å². The zero-order chi connectivity index (χ0) is 15.5. The van der Waals surface area contributed by atoms with Gasteiger partial charge in [-0.2, -0.15) is 0 Å². The van der Waals surface area contributed by atoms with Crippen molar-refractivity contribution in [1.82, 2.24) is 10.2 Å². The SMILES string of the molecule is CCCC(C)(NC(=O)N1CCC[C@H]2CCCC[C@H]21)C(=O)O. The van der Waals surface area contributed by atoms with Gasteiger partial charge in [0.25, 0.3) is 0 Å². The smallest absolute Gasteiger partial charge is 0.329 e. The van der Waals surface area contributed by atoms with Crippen LogP contribution in [0.4, 0.5) is 4.79 Å². The highest BCUT2D eigenvalue weighted by molar-refractivity contribution is 5.86. The predicted octanol–water partition coefficient (Wildman–Crippen LogP) is 2.99. The normalized spacial score (nSPS) is 28.4. The first kappa shape index (κ1) is 16.1. The molecule has 0 spiro atoms. The zero-order valence-corrected chi connectivity index (χ0v) is 13.2. The van der Waals surface area contributed by atoms with Gasteiger partial charge < -0.3 is 15.3 Å². The summed E-state index contributed by atoms with van der Waals surface area (Å²) in [6, 6.07) is 0.122. The number of carbonyl (C=O) groups excluding carboxylic acids is 1. The van der Waals surface area contributed by atoms with Gasteiger partial charge in [-0.05, 0) is 44.9 Å². The van der Waals surface area contributed by atoms with Crippen molar-refractivity contribution in [3.63, 3.8) is 0 Å². The van der Waals surface area contributed by atoms with Crippen LogP contribution in [-0.4, -0.2) is 40.1 Å². The van der Waals surface area contributed by atoms with Crippen molar-refractivity contribution >= 4 is 12.0 Å². The molecule has 1 aliphatic carbocycles. The van der Waals surface area contributed by atoms with E-state index in [4.69, 9.17) is 0 Å². The number of carboxylic acid groups (broad SMARTS) is 1. The average Bonchev–Trinajstić information content (AvgIpc) is 2.46. The number of piperidine rings is 1. The van der Waals surface area contributed by atoms with E-state index in [2.05, 4.69) is 5.32 Å². The van der Waals surface area contributed by atoms with Gasteiger partial charge in [0.05, 0.1) is 0 Å². The standard InChI is InChI=1S/C16H28N2O3/c1-3-10-16(2,14(19)20)17-15(21)18-11-6-8-12-7-4-5-9-13(12)18/h12-13H,3-11H2,1-2H3,(H,17,21)(H,19,20)/t12-,13-,16?/m1/s1. The van der Waals surface area contributed by atoms with E-state index in [1.165, 1.54) is 25.7 Å². The summed E-state index contributed by atoms with van der Waals surface area (Å²) in [6.45, 7) is 4.30. The summed E-state index contributed by atoms with van der Waals surface area (Å²) < 4.78 is 0. The molecule has 2 amide bonds. The first-order chi connectivity index (χ1) is 9.98. The fraction of sp³-hybridized carbons (Fsp3) is 0.875. The highest BCUT2D eigenvalue weighted by Crippen LogP contribution is 2.35. The number of aliphatic carboxylic acids is 1. The average molecular weight is 296 g/mol. The first-order valence-electron chi connectivity index (χ1n) is 8.30. The summed E-state index contributed by atoms with van der Waals surface area (Å²) in [5.74, 6) is -0.338. The Morgan fingerprint density at radius 2 is 1.90 bits per heavy atom. The van der Waals surface area contributed by atoms with Crippen molar-refractivity contribution in [1.29, 1.82) is 0 Å². The largest absolute Gasteiger partial charge is 0.480 e. The molecule has 2 aliphatic rings. The molecule has 0 aromatic heterocycles. The van der Waals surface area contributed by atoms with E-state index in [-0.39, 0.29) is 6.03 Å². The molecule has 0 aromatic carbocycles. The third kappa shape index (κ3) is 3.50. The van der Waals surface area contributed by atoms with E-state index < -0.39 is 11.5 Å². The van der Waals surface area contributed by atoms with E-state index in [0.717, 1.165) is 25.8 Å². The second-order valence-electron chi connectivity index (χ2n) is 6.76. The van der Waals surface area contributed by atoms with E-state index >= 15 is 0 Å². The second-order valence-corrected chi connectivity index (χ2v) is 6.76. The number of amides is 2. The number of carbonyl (C=O) groups is 2. The maximum atomic E-state index is 12.6. The molecule has 0 bridgehead atoms. The molecule has 1 aliphatic heterocycles. The molecule has 0 aromatic rings. The quantitative estimate of drug-likeness (QED) is 0.838. The Morgan fingerprint density at radius 1 is 1.24 bits per heavy atom. The minimum Gasteiger partial charge on any atom is -0.480 e. The number of hydrogen-bond acceptors (Lipinski definition) is 2. The van der Waals surface area contributed by atoms with Crippen molar-refractivity contribution in [2.75, 3.05) is 6.54 Å². The van der Waals surface area contributed by atoms with Crippen molar-refractivity contribution in [2.24, 2.45) is 5.92 Å². The molecule has 5 heteroatoms. The number of nitrogens with one attached hydrogen (secondary N) is 1.